The SMILES string of the molecule is N#Cc1cc(F)ccc1CN1CCC[C@H](c2[nH]ncc2C(=O)N2CCOCC2)C1. The van der Waals surface area contributed by atoms with E-state index in [0.717, 1.165) is 37.2 Å². The van der Waals surface area contributed by atoms with Gasteiger partial charge in [0.2, 0.25) is 0 Å². The van der Waals surface area contributed by atoms with Crippen LogP contribution in [0.5, 0.6) is 0 Å². The molecule has 0 unspecified atom stereocenters. The Kier molecular flexibility index (Phi) is 5.88. The fourth-order valence-corrected chi connectivity index (χ4v) is 4.18. The average molecular weight is 397 g/mol. The van der Waals surface area contributed by atoms with Gasteiger partial charge in [0.15, 0.2) is 0 Å². The molecule has 0 aliphatic carbocycles. The van der Waals surface area contributed by atoms with E-state index in [4.69, 9.17) is 4.74 Å². The second-order valence-electron chi connectivity index (χ2n) is 7.59. The largest absolute Gasteiger partial charge is 0.378 e. The molecule has 2 saturated heterocycles. The Bertz CT molecular complexity index is 916. The number of hydrogen-bond donors (Lipinski definition) is 1. The van der Waals surface area contributed by atoms with Crippen molar-refractivity contribution in [1.82, 2.24) is 20.0 Å². The number of aromatic amines is 1. The molecule has 1 amide bonds. The number of likely N-dealkylation sites (tertiary alicyclic amines) is 1. The van der Waals surface area contributed by atoms with E-state index in [2.05, 4.69) is 21.2 Å². The van der Waals surface area contributed by atoms with E-state index in [1.165, 1.54) is 12.1 Å². The summed E-state index contributed by atoms with van der Waals surface area (Å²) in [6.07, 6.45) is 3.58. The van der Waals surface area contributed by atoms with Crippen LogP contribution < -0.4 is 0 Å². The molecular formula is C21H24FN5O2. The first-order valence-electron chi connectivity index (χ1n) is 9.97. The van der Waals surface area contributed by atoms with E-state index >= 15 is 0 Å². The molecule has 0 bridgehead atoms. The lowest BCUT2D eigenvalue weighted by molar-refractivity contribution is 0.0301. The smallest absolute Gasteiger partial charge is 0.257 e. The van der Waals surface area contributed by atoms with Crippen molar-refractivity contribution >= 4 is 5.91 Å². The van der Waals surface area contributed by atoms with Gasteiger partial charge in [-0.05, 0) is 37.1 Å². The van der Waals surface area contributed by atoms with Crippen LogP contribution >= 0.6 is 0 Å². The Morgan fingerprint density at radius 1 is 1.34 bits per heavy atom. The second kappa shape index (κ2) is 8.72. The van der Waals surface area contributed by atoms with Crippen LogP contribution in [0.4, 0.5) is 4.39 Å². The van der Waals surface area contributed by atoms with E-state index < -0.39 is 5.82 Å². The highest BCUT2D eigenvalue weighted by Crippen LogP contribution is 2.29. The van der Waals surface area contributed by atoms with Crippen LogP contribution in [0.3, 0.4) is 0 Å². The van der Waals surface area contributed by atoms with Gasteiger partial charge in [-0.3, -0.25) is 14.8 Å². The minimum absolute atomic E-state index is 0.000486. The van der Waals surface area contributed by atoms with E-state index in [9.17, 15) is 14.4 Å². The molecule has 3 heterocycles. The van der Waals surface area contributed by atoms with Crippen molar-refractivity contribution in [3.05, 3.63) is 52.6 Å². The van der Waals surface area contributed by atoms with Crippen LogP contribution in [0.15, 0.2) is 24.4 Å². The zero-order valence-electron chi connectivity index (χ0n) is 16.2. The molecule has 1 aromatic carbocycles. The number of H-pyrrole nitrogens is 1. The number of amides is 1. The number of hydrogen-bond acceptors (Lipinski definition) is 5. The predicted molar refractivity (Wildman–Crippen MR) is 104 cm³/mol. The lowest BCUT2D eigenvalue weighted by atomic mass is 9.91. The standard InChI is InChI=1S/C21H24FN5O2/c22-18-4-3-15(17(10-18)11-23)13-26-5-1-2-16(14-26)20-19(12-24-25-20)21(28)27-6-8-29-9-7-27/h3-4,10,12,16H,1-2,5-9,13-14H2,(H,24,25)/t16-/m0/s1. The molecule has 1 aromatic heterocycles. The highest BCUT2D eigenvalue weighted by Gasteiger charge is 2.29. The molecular weight excluding hydrogens is 373 g/mol. The summed E-state index contributed by atoms with van der Waals surface area (Å²) < 4.78 is 18.8. The Morgan fingerprint density at radius 2 is 2.17 bits per heavy atom. The van der Waals surface area contributed by atoms with E-state index in [-0.39, 0.29) is 11.8 Å². The predicted octanol–water partition coefficient (Wildman–Crippen LogP) is 2.27. The molecule has 2 aromatic rings. The van der Waals surface area contributed by atoms with Crippen LogP contribution in [-0.2, 0) is 11.3 Å². The zero-order valence-corrected chi connectivity index (χ0v) is 16.2. The quantitative estimate of drug-likeness (QED) is 0.856. The van der Waals surface area contributed by atoms with Gasteiger partial charge in [0, 0.05) is 32.1 Å². The summed E-state index contributed by atoms with van der Waals surface area (Å²) in [6, 6.07) is 6.44. The lowest BCUT2D eigenvalue weighted by Crippen LogP contribution is -2.41. The zero-order chi connectivity index (χ0) is 20.2. The average Bonchev–Trinajstić information content (AvgIpc) is 3.25. The first kappa shape index (κ1) is 19.6. The maximum Gasteiger partial charge on any atom is 0.257 e. The Balaban J connectivity index is 1.48. The van der Waals surface area contributed by atoms with Crippen molar-refractivity contribution in [3.63, 3.8) is 0 Å². The second-order valence-corrected chi connectivity index (χ2v) is 7.59. The van der Waals surface area contributed by atoms with Crippen LogP contribution in [0.25, 0.3) is 0 Å². The molecule has 7 nitrogen and oxygen atoms in total. The van der Waals surface area contributed by atoms with Gasteiger partial charge in [0.25, 0.3) is 5.91 Å². The van der Waals surface area contributed by atoms with Gasteiger partial charge in [-0.1, -0.05) is 6.07 Å². The number of carbonyl (C=O) groups is 1. The molecule has 152 valence electrons. The van der Waals surface area contributed by atoms with Crippen LogP contribution in [0.1, 0.15) is 45.9 Å². The van der Waals surface area contributed by atoms with Gasteiger partial charge in [-0.25, -0.2) is 4.39 Å². The lowest BCUT2D eigenvalue weighted by Gasteiger charge is -2.33. The molecule has 2 aliphatic rings. The molecule has 0 saturated carbocycles. The summed E-state index contributed by atoms with van der Waals surface area (Å²) >= 11 is 0. The van der Waals surface area contributed by atoms with Crippen molar-refractivity contribution in [1.29, 1.82) is 5.26 Å². The monoisotopic (exact) mass is 397 g/mol. The maximum absolute atomic E-state index is 13.4. The number of morpholine rings is 1. The van der Waals surface area contributed by atoms with E-state index in [1.807, 2.05) is 4.90 Å². The number of nitriles is 1. The summed E-state index contributed by atoms with van der Waals surface area (Å²) in [5, 5.41) is 16.5. The van der Waals surface area contributed by atoms with Gasteiger partial charge >= 0.3 is 0 Å². The number of rotatable bonds is 4. The molecule has 4 rings (SSSR count). The van der Waals surface area contributed by atoms with Crippen molar-refractivity contribution < 1.29 is 13.9 Å². The van der Waals surface area contributed by atoms with E-state index in [1.54, 1.807) is 12.3 Å². The first-order chi connectivity index (χ1) is 14.2. The van der Waals surface area contributed by atoms with Crippen LogP contribution in [0.2, 0.25) is 0 Å². The number of halogens is 1. The van der Waals surface area contributed by atoms with Gasteiger partial charge in [-0.15, -0.1) is 0 Å². The first-order valence-corrected chi connectivity index (χ1v) is 9.97. The highest BCUT2D eigenvalue weighted by molar-refractivity contribution is 5.95. The number of nitrogens with zero attached hydrogens (tertiary/aromatic N) is 4. The number of aromatic nitrogens is 2. The fraction of sp³-hybridized carbons (Fsp3) is 0.476. The summed E-state index contributed by atoms with van der Waals surface area (Å²) in [7, 11) is 0. The minimum atomic E-state index is -0.398. The highest BCUT2D eigenvalue weighted by atomic mass is 19.1. The molecule has 1 N–H and O–H groups in total. The van der Waals surface area contributed by atoms with Gasteiger partial charge in [-0.2, -0.15) is 10.4 Å². The molecule has 2 fully saturated rings. The third kappa shape index (κ3) is 4.31. The normalized spacial score (nSPS) is 20.4. The third-order valence-corrected chi connectivity index (χ3v) is 5.70. The number of benzene rings is 1. The van der Waals surface area contributed by atoms with Crippen molar-refractivity contribution in [2.45, 2.75) is 25.3 Å². The van der Waals surface area contributed by atoms with E-state index in [0.29, 0.717) is 44.0 Å². The molecule has 2 aliphatic heterocycles. The fourth-order valence-electron chi connectivity index (χ4n) is 4.18. The van der Waals surface area contributed by atoms with Crippen LogP contribution in [0, 0.1) is 17.1 Å². The Labute approximate surface area is 169 Å². The number of nitrogens with one attached hydrogen (secondary N) is 1. The summed E-state index contributed by atoms with van der Waals surface area (Å²) in [6.45, 7) is 4.57. The topological polar surface area (TPSA) is 85.2 Å². The molecule has 8 heteroatoms. The van der Waals surface area contributed by atoms with Gasteiger partial charge in [0.05, 0.1) is 42.3 Å². The summed E-state index contributed by atoms with van der Waals surface area (Å²) in [5.41, 5.74) is 2.71. The number of piperidine rings is 1. The Hall–Kier alpha value is -2.76. The summed E-state index contributed by atoms with van der Waals surface area (Å²) in [4.78, 5) is 17.0. The number of carbonyl (C=O) groups excluding carboxylic acids is 1. The third-order valence-electron chi connectivity index (χ3n) is 5.70. The number of ether oxygens (including phenoxy) is 1. The van der Waals surface area contributed by atoms with Crippen molar-refractivity contribution in [3.8, 4) is 6.07 Å². The van der Waals surface area contributed by atoms with Gasteiger partial charge in [0.1, 0.15) is 5.82 Å². The van der Waals surface area contributed by atoms with Crippen molar-refractivity contribution in [2.75, 3.05) is 39.4 Å². The van der Waals surface area contributed by atoms with Gasteiger partial charge < -0.3 is 9.64 Å². The van der Waals surface area contributed by atoms with Crippen molar-refractivity contribution in [2.24, 2.45) is 0 Å². The van der Waals surface area contributed by atoms with Crippen LogP contribution in [-0.4, -0.2) is 65.3 Å². The molecule has 29 heavy (non-hydrogen) atoms. The molecule has 1 atom stereocenters. The molecule has 0 spiro atoms. The maximum atomic E-state index is 13.4. The Morgan fingerprint density at radius 3 is 2.97 bits per heavy atom. The summed E-state index contributed by atoms with van der Waals surface area (Å²) in [5.74, 6) is -0.234. The molecule has 0 radical (unpaired) electrons. The minimum Gasteiger partial charge on any atom is -0.378 e.